The maximum absolute atomic E-state index is 12.5. The van der Waals surface area contributed by atoms with Crippen LogP contribution in [0.3, 0.4) is 0 Å². The fraction of sp³-hybridized carbons (Fsp3) is 0.250. The lowest BCUT2D eigenvalue weighted by Crippen LogP contribution is -2.24. The summed E-state index contributed by atoms with van der Waals surface area (Å²) in [6.07, 6.45) is 0.314. The highest BCUT2D eigenvalue weighted by Gasteiger charge is 2.35. The molecular formula is C20H16ClN3O4. The molecule has 1 amide bonds. The van der Waals surface area contributed by atoms with Crippen LogP contribution in [-0.2, 0) is 4.79 Å². The third-order valence-corrected chi connectivity index (χ3v) is 5.42. The Morgan fingerprint density at radius 3 is 2.86 bits per heavy atom. The molecule has 2 aliphatic rings. The van der Waals surface area contributed by atoms with Crippen LogP contribution in [0.25, 0.3) is 11.4 Å². The smallest absolute Gasteiger partial charge is 0.232 e. The molecule has 8 heteroatoms. The first-order chi connectivity index (χ1) is 13.6. The van der Waals surface area contributed by atoms with Crippen LogP contribution in [0.5, 0.6) is 11.5 Å². The van der Waals surface area contributed by atoms with Crippen LogP contribution in [0.15, 0.2) is 40.9 Å². The van der Waals surface area contributed by atoms with E-state index in [4.69, 9.17) is 25.6 Å². The summed E-state index contributed by atoms with van der Waals surface area (Å²) in [4.78, 5) is 18.7. The van der Waals surface area contributed by atoms with Gasteiger partial charge in [0.1, 0.15) is 0 Å². The minimum Gasteiger partial charge on any atom is -0.454 e. The molecule has 5 rings (SSSR count). The lowest BCUT2D eigenvalue weighted by Gasteiger charge is -2.17. The van der Waals surface area contributed by atoms with Gasteiger partial charge in [0.25, 0.3) is 0 Å². The van der Waals surface area contributed by atoms with Crippen LogP contribution in [0.4, 0.5) is 5.69 Å². The van der Waals surface area contributed by atoms with E-state index in [9.17, 15) is 4.79 Å². The number of aromatic nitrogens is 2. The van der Waals surface area contributed by atoms with Gasteiger partial charge in [-0.3, -0.25) is 4.79 Å². The number of carbonyl (C=O) groups is 1. The number of carbonyl (C=O) groups excluding carboxylic acids is 1. The van der Waals surface area contributed by atoms with E-state index in [2.05, 4.69) is 10.1 Å². The first-order valence-corrected chi connectivity index (χ1v) is 9.26. The highest BCUT2D eigenvalue weighted by atomic mass is 35.5. The third kappa shape index (κ3) is 2.88. The quantitative estimate of drug-likeness (QED) is 0.666. The molecule has 1 saturated heterocycles. The lowest BCUT2D eigenvalue weighted by molar-refractivity contribution is -0.117. The average molecular weight is 398 g/mol. The number of hydrogen-bond acceptors (Lipinski definition) is 6. The molecule has 28 heavy (non-hydrogen) atoms. The third-order valence-electron chi connectivity index (χ3n) is 5.01. The largest absolute Gasteiger partial charge is 0.454 e. The van der Waals surface area contributed by atoms with Crippen molar-refractivity contribution in [2.45, 2.75) is 19.3 Å². The molecule has 0 unspecified atom stereocenters. The first kappa shape index (κ1) is 17.1. The van der Waals surface area contributed by atoms with E-state index in [1.165, 1.54) is 0 Å². The SMILES string of the molecule is Cc1ccc(N2C[C@H](c3nc(-c4ccc5c(c4)OCO5)no3)CC2=O)cc1Cl. The molecule has 3 aromatic rings. The molecule has 1 atom stereocenters. The number of anilines is 1. The number of ether oxygens (including phenoxy) is 2. The van der Waals surface area contributed by atoms with Crippen LogP contribution >= 0.6 is 11.6 Å². The molecule has 0 bridgehead atoms. The Kier molecular flexibility index (Phi) is 3.98. The number of amides is 1. The number of benzene rings is 2. The minimum absolute atomic E-state index is 0.00718. The summed E-state index contributed by atoms with van der Waals surface area (Å²) in [5, 5.41) is 4.71. The van der Waals surface area contributed by atoms with Gasteiger partial charge in [0.2, 0.25) is 24.4 Å². The zero-order valence-corrected chi connectivity index (χ0v) is 15.8. The number of hydrogen-bond donors (Lipinski definition) is 0. The Balaban J connectivity index is 1.37. The van der Waals surface area contributed by atoms with Crippen LogP contribution in [0, 0.1) is 6.92 Å². The van der Waals surface area contributed by atoms with Gasteiger partial charge in [0, 0.05) is 29.2 Å². The van der Waals surface area contributed by atoms with Crippen molar-refractivity contribution in [2.24, 2.45) is 0 Å². The van der Waals surface area contributed by atoms with Gasteiger partial charge in [-0.2, -0.15) is 4.98 Å². The Hall–Kier alpha value is -3.06. The molecule has 2 aromatic carbocycles. The van der Waals surface area contributed by atoms with Gasteiger partial charge in [0.15, 0.2) is 11.5 Å². The molecule has 142 valence electrons. The normalized spacial score (nSPS) is 18.1. The summed E-state index contributed by atoms with van der Waals surface area (Å²) in [6.45, 7) is 2.61. The highest BCUT2D eigenvalue weighted by molar-refractivity contribution is 6.31. The number of halogens is 1. The Bertz CT molecular complexity index is 1080. The molecular weight excluding hydrogens is 382 g/mol. The van der Waals surface area contributed by atoms with Gasteiger partial charge in [0.05, 0.1) is 5.92 Å². The zero-order valence-electron chi connectivity index (χ0n) is 15.0. The standard InChI is InChI=1S/C20H16ClN3O4/c1-11-2-4-14(8-15(11)21)24-9-13(7-18(24)25)20-22-19(23-28-20)12-3-5-16-17(6-12)27-10-26-16/h2-6,8,13H,7,9-10H2,1H3/t13-/m1/s1. The monoisotopic (exact) mass is 397 g/mol. The second kappa shape index (κ2) is 6.53. The Morgan fingerprint density at radius 2 is 2.00 bits per heavy atom. The van der Waals surface area contributed by atoms with Gasteiger partial charge in [-0.05, 0) is 42.8 Å². The topological polar surface area (TPSA) is 77.7 Å². The molecule has 2 aliphatic heterocycles. The molecule has 0 spiro atoms. The Morgan fingerprint density at radius 1 is 1.14 bits per heavy atom. The molecule has 0 radical (unpaired) electrons. The van der Waals surface area contributed by atoms with Crippen molar-refractivity contribution in [3.63, 3.8) is 0 Å². The van der Waals surface area contributed by atoms with Crippen LogP contribution in [0.1, 0.15) is 23.8 Å². The van der Waals surface area contributed by atoms with Gasteiger partial charge in [-0.25, -0.2) is 0 Å². The Labute approximate surface area is 165 Å². The van der Waals surface area contributed by atoms with Crippen molar-refractivity contribution in [1.82, 2.24) is 10.1 Å². The van der Waals surface area contributed by atoms with Gasteiger partial charge in [-0.1, -0.05) is 22.8 Å². The van der Waals surface area contributed by atoms with E-state index in [0.29, 0.717) is 41.2 Å². The van der Waals surface area contributed by atoms with E-state index in [1.54, 1.807) is 4.90 Å². The average Bonchev–Trinajstić information content (AvgIpc) is 3.42. The number of nitrogens with zero attached hydrogens (tertiary/aromatic N) is 3. The molecule has 0 saturated carbocycles. The van der Waals surface area contributed by atoms with E-state index >= 15 is 0 Å². The van der Waals surface area contributed by atoms with Crippen molar-refractivity contribution >= 4 is 23.2 Å². The number of aryl methyl sites for hydroxylation is 1. The molecule has 7 nitrogen and oxygen atoms in total. The van der Waals surface area contributed by atoms with Gasteiger partial charge >= 0.3 is 0 Å². The fourth-order valence-corrected chi connectivity index (χ4v) is 3.60. The number of rotatable bonds is 3. The molecule has 1 fully saturated rings. The van der Waals surface area contributed by atoms with Crippen LogP contribution in [-0.4, -0.2) is 29.4 Å². The van der Waals surface area contributed by atoms with Crippen molar-refractivity contribution in [1.29, 1.82) is 0 Å². The predicted octanol–water partition coefficient (Wildman–Crippen LogP) is 3.95. The first-order valence-electron chi connectivity index (χ1n) is 8.88. The summed E-state index contributed by atoms with van der Waals surface area (Å²) >= 11 is 6.21. The van der Waals surface area contributed by atoms with E-state index < -0.39 is 0 Å². The van der Waals surface area contributed by atoms with E-state index in [1.807, 2.05) is 43.3 Å². The second-order valence-electron chi connectivity index (χ2n) is 6.86. The summed E-state index contributed by atoms with van der Waals surface area (Å²) in [5.41, 5.74) is 2.52. The van der Waals surface area contributed by atoms with Gasteiger partial charge < -0.3 is 18.9 Å². The lowest BCUT2D eigenvalue weighted by atomic mass is 10.1. The summed E-state index contributed by atoms with van der Waals surface area (Å²) in [6, 6.07) is 11.1. The molecule has 0 N–H and O–H groups in total. The van der Waals surface area contributed by atoms with Gasteiger partial charge in [-0.15, -0.1) is 0 Å². The molecule has 0 aliphatic carbocycles. The van der Waals surface area contributed by atoms with Crippen LogP contribution < -0.4 is 14.4 Å². The van der Waals surface area contributed by atoms with Crippen molar-refractivity contribution in [2.75, 3.05) is 18.2 Å². The van der Waals surface area contributed by atoms with Crippen molar-refractivity contribution < 1.29 is 18.8 Å². The maximum Gasteiger partial charge on any atom is 0.232 e. The minimum atomic E-state index is -0.164. The highest BCUT2D eigenvalue weighted by Crippen LogP contribution is 2.37. The van der Waals surface area contributed by atoms with Crippen LogP contribution in [0.2, 0.25) is 5.02 Å². The summed E-state index contributed by atoms with van der Waals surface area (Å²) in [5.74, 6) is 2.10. The fourth-order valence-electron chi connectivity index (χ4n) is 3.43. The predicted molar refractivity (Wildman–Crippen MR) is 102 cm³/mol. The molecule has 1 aromatic heterocycles. The number of fused-ring (bicyclic) bond motifs is 1. The zero-order chi connectivity index (χ0) is 19.3. The maximum atomic E-state index is 12.5. The van der Waals surface area contributed by atoms with Crippen molar-refractivity contribution in [3.05, 3.63) is 52.9 Å². The summed E-state index contributed by atoms with van der Waals surface area (Å²) in [7, 11) is 0. The summed E-state index contributed by atoms with van der Waals surface area (Å²) < 4.78 is 16.2. The van der Waals surface area contributed by atoms with E-state index in [-0.39, 0.29) is 18.6 Å². The van der Waals surface area contributed by atoms with E-state index in [0.717, 1.165) is 16.8 Å². The van der Waals surface area contributed by atoms with Crippen molar-refractivity contribution in [3.8, 4) is 22.9 Å². The second-order valence-corrected chi connectivity index (χ2v) is 7.27. The molecule has 3 heterocycles.